The maximum atomic E-state index is 6.38. The first-order valence-corrected chi connectivity index (χ1v) is 16.2. The molecule has 218 valence electrons. The summed E-state index contributed by atoms with van der Waals surface area (Å²) >= 11 is 0. The number of rotatable bonds is 3. The van der Waals surface area contributed by atoms with Crippen molar-refractivity contribution in [3.63, 3.8) is 0 Å². The highest BCUT2D eigenvalue weighted by molar-refractivity contribution is 6.22. The molecular formula is C46H28O. The van der Waals surface area contributed by atoms with Crippen LogP contribution in [0.15, 0.2) is 174 Å². The lowest BCUT2D eigenvalue weighted by atomic mass is 9.85. The van der Waals surface area contributed by atoms with Gasteiger partial charge in [-0.05, 0) is 101 Å². The minimum absolute atomic E-state index is 0.916. The van der Waals surface area contributed by atoms with Gasteiger partial charge < -0.3 is 4.42 Å². The monoisotopic (exact) mass is 596 g/mol. The minimum Gasteiger partial charge on any atom is -0.456 e. The lowest BCUT2D eigenvalue weighted by Gasteiger charge is -2.18. The molecule has 0 aliphatic heterocycles. The Bertz CT molecular complexity index is 2780. The maximum Gasteiger partial charge on any atom is 0.136 e. The van der Waals surface area contributed by atoms with Gasteiger partial charge in [0.1, 0.15) is 11.2 Å². The first kappa shape index (κ1) is 26.1. The number of hydrogen-bond donors (Lipinski definition) is 0. The Morgan fingerprint density at radius 2 is 0.787 bits per heavy atom. The first-order valence-electron chi connectivity index (χ1n) is 16.2. The standard InChI is InChI=1S/C46H28O/c1-2-11-33-27-35(22-19-29(33)9-1)45-39-15-7-5-13-37(39)44(38-14-6-8-16-40(38)45)32-20-17-30(18-21-32)34-23-25-41-43(28-34)47-42-26-24-31-10-3-4-12-36(31)46(41)42/h1-28H. The molecular weight excluding hydrogens is 569 g/mol. The van der Waals surface area contributed by atoms with Gasteiger partial charge in [0.2, 0.25) is 0 Å². The van der Waals surface area contributed by atoms with Crippen molar-refractivity contribution in [3.8, 4) is 33.4 Å². The summed E-state index contributed by atoms with van der Waals surface area (Å²) < 4.78 is 6.38. The number of benzene rings is 9. The molecule has 1 aromatic heterocycles. The third-order valence-corrected chi connectivity index (χ3v) is 9.84. The van der Waals surface area contributed by atoms with Gasteiger partial charge in [0.05, 0.1) is 0 Å². The van der Waals surface area contributed by atoms with Crippen molar-refractivity contribution in [3.05, 3.63) is 170 Å². The lowest BCUT2D eigenvalue weighted by Crippen LogP contribution is -1.91. The molecule has 0 unspecified atom stereocenters. The summed E-state index contributed by atoms with van der Waals surface area (Å²) in [6, 6.07) is 61.6. The van der Waals surface area contributed by atoms with Crippen LogP contribution in [0.1, 0.15) is 0 Å². The summed E-state index contributed by atoms with van der Waals surface area (Å²) in [6.07, 6.45) is 0. The second-order valence-corrected chi connectivity index (χ2v) is 12.5. The van der Waals surface area contributed by atoms with Crippen molar-refractivity contribution in [1.29, 1.82) is 0 Å². The van der Waals surface area contributed by atoms with Gasteiger partial charge in [-0.3, -0.25) is 0 Å². The highest BCUT2D eigenvalue weighted by atomic mass is 16.3. The van der Waals surface area contributed by atoms with Crippen LogP contribution < -0.4 is 0 Å². The van der Waals surface area contributed by atoms with Crippen molar-refractivity contribution in [2.75, 3.05) is 0 Å². The Morgan fingerprint density at radius 1 is 0.277 bits per heavy atom. The fourth-order valence-corrected chi connectivity index (χ4v) is 7.65. The first-order chi connectivity index (χ1) is 23.3. The van der Waals surface area contributed by atoms with E-state index in [9.17, 15) is 0 Å². The summed E-state index contributed by atoms with van der Waals surface area (Å²) in [7, 11) is 0. The van der Waals surface area contributed by atoms with Crippen LogP contribution in [0.4, 0.5) is 0 Å². The molecule has 0 aliphatic rings. The van der Waals surface area contributed by atoms with Crippen molar-refractivity contribution < 1.29 is 4.42 Å². The summed E-state index contributed by atoms with van der Waals surface area (Å²) in [5.41, 5.74) is 9.17. The quantitative estimate of drug-likeness (QED) is 0.185. The van der Waals surface area contributed by atoms with E-state index in [0.717, 1.165) is 22.1 Å². The fraction of sp³-hybridized carbons (Fsp3) is 0. The van der Waals surface area contributed by atoms with Gasteiger partial charge >= 0.3 is 0 Å². The van der Waals surface area contributed by atoms with Crippen LogP contribution in [0.3, 0.4) is 0 Å². The lowest BCUT2D eigenvalue weighted by molar-refractivity contribution is 0.669. The molecule has 0 amide bonds. The van der Waals surface area contributed by atoms with Gasteiger partial charge in [-0.2, -0.15) is 0 Å². The molecule has 9 aromatic carbocycles. The Hall–Kier alpha value is -6.18. The van der Waals surface area contributed by atoms with Crippen LogP contribution >= 0.6 is 0 Å². The SMILES string of the molecule is c1ccc2cc(-c3c4ccccc4c(-c4ccc(-c5ccc6c(c5)oc5ccc7ccccc7c56)cc4)c4ccccc34)ccc2c1. The van der Waals surface area contributed by atoms with Crippen molar-refractivity contribution in [1.82, 2.24) is 0 Å². The van der Waals surface area contributed by atoms with E-state index in [1.54, 1.807) is 0 Å². The summed E-state index contributed by atoms with van der Waals surface area (Å²) in [5.74, 6) is 0. The largest absolute Gasteiger partial charge is 0.456 e. The zero-order valence-corrected chi connectivity index (χ0v) is 25.6. The normalized spacial score (nSPS) is 11.8. The molecule has 10 aromatic rings. The number of hydrogen-bond acceptors (Lipinski definition) is 1. The molecule has 47 heavy (non-hydrogen) atoms. The second kappa shape index (κ2) is 10.2. The predicted octanol–water partition coefficient (Wildman–Crippen LogP) is 13.2. The molecule has 0 spiro atoms. The zero-order valence-electron chi connectivity index (χ0n) is 25.6. The third kappa shape index (κ3) is 4.03. The minimum atomic E-state index is 0.916. The second-order valence-electron chi connectivity index (χ2n) is 12.5. The number of fused-ring (bicyclic) bond motifs is 8. The topological polar surface area (TPSA) is 13.1 Å². The van der Waals surface area contributed by atoms with Gasteiger partial charge in [0.25, 0.3) is 0 Å². The van der Waals surface area contributed by atoms with Crippen LogP contribution in [0.25, 0.3) is 98.4 Å². The average molecular weight is 597 g/mol. The molecule has 0 saturated carbocycles. The molecule has 0 fully saturated rings. The highest BCUT2D eigenvalue weighted by Gasteiger charge is 2.17. The Labute approximate surface area is 271 Å². The molecule has 0 saturated heterocycles. The van der Waals surface area contributed by atoms with E-state index in [4.69, 9.17) is 4.42 Å². The van der Waals surface area contributed by atoms with Crippen LogP contribution in [-0.4, -0.2) is 0 Å². The van der Waals surface area contributed by atoms with E-state index >= 15 is 0 Å². The summed E-state index contributed by atoms with van der Waals surface area (Å²) in [4.78, 5) is 0. The summed E-state index contributed by atoms with van der Waals surface area (Å²) in [6.45, 7) is 0. The van der Waals surface area contributed by atoms with Crippen LogP contribution in [0, 0.1) is 0 Å². The van der Waals surface area contributed by atoms with Gasteiger partial charge in [-0.1, -0.05) is 146 Å². The van der Waals surface area contributed by atoms with Crippen LogP contribution in [0.5, 0.6) is 0 Å². The van der Waals surface area contributed by atoms with Gasteiger partial charge in [0.15, 0.2) is 0 Å². The van der Waals surface area contributed by atoms with Gasteiger partial charge in [-0.15, -0.1) is 0 Å². The Kier molecular flexibility index (Phi) is 5.64. The zero-order chi connectivity index (χ0) is 30.9. The molecule has 0 atom stereocenters. The molecule has 10 rings (SSSR count). The summed E-state index contributed by atoms with van der Waals surface area (Å²) in [5, 5.41) is 12.4. The molecule has 1 nitrogen and oxygen atoms in total. The molecule has 1 heteroatoms. The average Bonchev–Trinajstić information content (AvgIpc) is 3.52. The third-order valence-electron chi connectivity index (χ3n) is 9.84. The molecule has 0 N–H and O–H groups in total. The molecule has 0 radical (unpaired) electrons. The van der Waals surface area contributed by atoms with Crippen LogP contribution in [-0.2, 0) is 0 Å². The number of furan rings is 1. The van der Waals surface area contributed by atoms with Crippen molar-refractivity contribution >= 4 is 65.0 Å². The van der Waals surface area contributed by atoms with Crippen LogP contribution in [0.2, 0.25) is 0 Å². The molecule has 1 heterocycles. The van der Waals surface area contributed by atoms with E-state index in [0.29, 0.717) is 0 Å². The van der Waals surface area contributed by atoms with E-state index in [1.807, 2.05) is 0 Å². The van der Waals surface area contributed by atoms with E-state index < -0.39 is 0 Å². The smallest absolute Gasteiger partial charge is 0.136 e. The molecule has 0 aliphatic carbocycles. The van der Waals surface area contributed by atoms with E-state index in [1.165, 1.54) is 76.3 Å². The van der Waals surface area contributed by atoms with E-state index in [-0.39, 0.29) is 0 Å². The Balaban J connectivity index is 1.12. The van der Waals surface area contributed by atoms with Gasteiger partial charge in [-0.25, -0.2) is 0 Å². The fourth-order valence-electron chi connectivity index (χ4n) is 7.65. The predicted molar refractivity (Wildman–Crippen MR) is 200 cm³/mol. The van der Waals surface area contributed by atoms with Gasteiger partial charge in [0, 0.05) is 10.8 Å². The maximum absolute atomic E-state index is 6.38. The highest BCUT2D eigenvalue weighted by Crippen LogP contribution is 2.44. The Morgan fingerprint density at radius 3 is 1.49 bits per heavy atom. The van der Waals surface area contributed by atoms with Crippen molar-refractivity contribution in [2.45, 2.75) is 0 Å². The molecule has 0 bridgehead atoms. The van der Waals surface area contributed by atoms with Crippen molar-refractivity contribution in [2.24, 2.45) is 0 Å². The van der Waals surface area contributed by atoms with E-state index in [2.05, 4.69) is 170 Å².